The molecule has 2 N–H and O–H groups in total. The molecule has 3 rings (SSSR count). The summed E-state index contributed by atoms with van der Waals surface area (Å²) in [6.07, 6.45) is 0. The first kappa shape index (κ1) is 26.8. The minimum Gasteiger partial charge on any atom is -0.346 e. The van der Waals surface area contributed by atoms with Crippen molar-refractivity contribution in [1.29, 1.82) is 0 Å². The highest BCUT2D eigenvalue weighted by Gasteiger charge is 2.25. The molecule has 33 heavy (non-hydrogen) atoms. The SMILES string of the molecule is CNCC#Cc1ccc(-n2nc(C(=O)NC(C)(C)C)c(C)c2-c2ccc(Cl)cc2)c(Cl)c1.Cl. The summed E-state index contributed by atoms with van der Waals surface area (Å²) in [5, 5.41) is 11.8. The highest BCUT2D eigenvalue weighted by atomic mass is 35.5. The van der Waals surface area contributed by atoms with Crippen LogP contribution < -0.4 is 10.6 Å². The second-order valence-corrected chi connectivity index (χ2v) is 9.29. The molecule has 0 unspecified atom stereocenters. The number of rotatable bonds is 4. The lowest BCUT2D eigenvalue weighted by Gasteiger charge is -2.19. The van der Waals surface area contributed by atoms with Gasteiger partial charge in [0.05, 0.1) is 22.9 Å². The summed E-state index contributed by atoms with van der Waals surface area (Å²) >= 11 is 12.7. The topological polar surface area (TPSA) is 59.0 Å². The Labute approximate surface area is 211 Å². The molecule has 0 aliphatic carbocycles. The molecule has 2 aromatic carbocycles. The number of nitrogens with zero attached hydrogens (tertiary/aromatic N) is 2. The fraction of sp³-hybridized carbons (Fsp3) is 0.280. The molecular formula is C25H27Cl3N4O. The van der Waals surface area contributed by atoms with Crippen LogP contribution in [0.25, 0.3) is 16.9 Å². The molecule has 1 heterocycles. The van der Waals surface area contributed by atoms with E-state index in [-0.39, 0.29) is 23.9 Å². The summed E-state index contributed by atoms with van der Waals surface area (Å²) in [5.41, 5.74) is 3.82. The van der Waals surface area contributed by atoms with Crippen molar-refractivity contribution in [3.63, 3.8) is 0 Å². The van der Waals surface area contributed by atoms with Crippen LogP contribution in [0.2, 0.25) is 10.0 Å². The molecule has 0 spiro atoms. The Hall–Kier alpha value is -2.49. The van der Waals surface area contributed by atoms with Gasteiger partial charge in [-0.15, -0.1) is 12.4 Å². The normalized spacial score (nSPS) is 10.8. The molecule has 3 aromatic rings. The maximum Gasteiger partial charge on any atom is 0.272 e. The smallest absolute Gasteiger partial charge is 0.272 e. The van der Waals surface area contributed by atoms with E-state index in [2.05, 4.69) is 27.6 Å². The molecule has 0 aliphatic heterocycles. The van der Waals surface area contributed by atoms with Crippen LogP contribution in [0.1, 0.15) is 42.4 Å². The Bertz CT molecular complexity index is 1200. The number of nitrogens with one attached hydrogen (secondary N) is 2. The molecular weight excluding hydrogens is 479 g/mol. The van der Waals surface area contributed by atoms with Crippen LogP contribution in [0.15, 0.2) is 42.5 Å². The molecule has 8 heteroatoms. The number of carbonyl (C=O) groups excluding carboxylic acids is 1. The van der Waals surface area contributed by atoms with E-state index in [1.54, 1.807) is 10.7 Å². The zero-order valence-electron chi connectivity index (χ0n) is 19.2. The standard InChI is InChI=1S/C25H26Cl2N4O.ClH/c1-16-22(24(32)29-25(2,3)4)30-31(23(16)18-9-11-19(26)12-10-18)21-13-8-17(15-20(21)27)7-6-14-28-5;/h8-13,15,28H,14H2,1-5H3,(H,29,32);1H. The Balaban J connectivity index is 0.00000385. The molecule has 174 valence electrons. The first-order chi connectivity index (χ1) is 15.1. The Kier molecular flexibility index (Phi) is 8.99. The third kappa shape index (κ3) is 6.52. The summed E-state index contributed by atoms with van der Waals surface area (Å²) in [4.78, 5) is 13.0. The van der Waals surface area contributed by atoms with Crippen molar-refractivity contribution in [2.45, 2.75) is 33.2 Å². The second kappa shape index (κ2) is 11.1. The van der Waals surface area contributed by atoms with E-state index >= 15 is 0 Å². The molecule has 0 atom stereocenters. The van der Waals surface area contributed by atoms with E-state index in [0.717, 1.165) is 22.4 Å². The van der Waals surface area contributed by atoms with Crippen molar-refractivity contribution in [3.05, 3.63) is 69.3 Å². The van der Waals surface area contributed by atoms with Gasteiger partial charge in [0.25, 0.3) is 5.91 Å². The predicted molar refractivity (Wildman–Crippen MR) is 139 cm³/mol. The van der Waals surface area contributed by atoms with Crippen LogP contribution in [0.5, 0.6) is 0 Å². The van der Waals surface area contributed by atoms with Crippen molar-refractivity contribution < 1.29 is 4.79 Å². The number of hydrogen-bond donors (Lipinski definition) is 2. The Morgan fingerprint density at radius 3 is 2.36 bits per heavy atom. The van der Waals surface area contributed by atoms with E-state index in [1.807, 2.05) is 71.1 Å². The van der Waals surface area contributed by atoms with Crippen molar-refractivity contribution in [2.24, 2.45) is 0 Å². The number of halogens is 3. The maximum absolute atomic E-state index is 13.0. The van der Waals surface area contributed by atoms with E-state index < -0.39 is 0 Å². The molecule has 1 amide bonds. The van der Waals surface area contributed by atoms with Crippen LogP contribution in [0.4, 0.5) is 0 Å². The summed E-state index contributed by atoms with van der Waals surface area (Å²) in [6.45, 7) is 8.27. The van der Waals surface area contributed by atoms with E-state index in [1.165, 1.54) is 0 Å². The number of hydrogen-bond acceptors (Lipinski definition) is 3. The third-order valence-corrected chi connectivity index (χ3v) is 5.17. The number of aromatic nitrogens is 2. The quantitative estimate of drug-likeness (QED) is 0.449. The molecule has 0 radical (unpaired) electrons. The predicted octanol–water partition coefficient (Wildman–Crippen LogP) is 5.68. The fourth-order valence-electron chi connectivity index (χ4n) is 3.22. The maximum atomic E-state index is 13.0. The molecule has 0 saturated carbocycles. The zero-order valence-corrected chi connectivity index (χ0v) is 21.5. The number of amides is 1. The zero-order chi connectivity index (χ0) is 23.5. The largest absolute Gasteiger partial charge is 0.346 e. The summed E-state index contributed by atoms with van der Waals surface area (Å²) < 4.78 is 1.71. The second-order valence-electron chi connectivity index (χ2n) is 8.44. The van der Waals surface area contributed by atoms with Gasteiger partial charge in [-0.25, -0.2) is 4.68 Å². The molecule has 0 aliphatic rings. The van der Waals surface area contributed by atoms with Gasteiger partial charge in [0.1, 0.15) is 0 Å². The summed E-state index contributed by atoms with van der Waals surface area (Å²) in [6, 6.07) is 13.0. The van der Waals surface area contributed by atoms with Crippen LogP contribution in [-0.4, -0.2) is 34.8 Å². The van der Waals surface area contributed by atoms with Crippen molar-refractivity contribution in [1.82, 2.24) is 20.4 Å². The Morgan fingerprint density at radius 1 is 1.12 bits per heavy atom. The first-order valence-electron chi connectivity index (χ1n) is 10.2. The molecule has 0 fully saturated rings. The van der Waals surface area contributed by atoms with Gasteiger partial charge < -0.3 is 10.6 Å². The van der Waals surface area contributed by atoms with Gasteiger partial charge in [-0.3, -0.25) is 4.79 Å². The average Bonchev–Trinajstić information content (AvgIpc) is 3.05. The summed E-state index contributed by atoms with van der Waals surface area (Å²) in [5.74, 6) is 5.85. The average molecular weight is 506 g/mol. The minimum absolute atomic E-state index is 0. The minimum atomic E-state index is -0.390. The monoisotopic (exact) mass is 504 g/mol. The van der Waals surface area contributed by atoms with Crippen LogP contribution >= 0.6 is 35.6 Å². The van der Waals surface area contributed by atoms with Gasteiger partial charge in [0.15, 0.2) is 5.69 Å². The highest BCUT2D eigenvalue weighted by Crippen LogP contribution is 2.32. The molecule has 0 bridgehead atoms. The molecule has 1 aromatic heterocycles. The summed E-state index contributed by atoms with van der Waals surface area (Å²) in [7, 11) is 1.84. The Morgan fingerprint density at radius 2 is 1.79 bits per heavy atom. The van der Waals surface area contributed by atoms with Crippen molar-refractivity contribution in [2.75, 3.05) is 13.6 Å². The molecule has 5 nitrogen and oxygen atoms in total. The number of carbonyl (C=O) groups is 1. The lowest BCUT2D eigenvalue weighted by molar-refractivity contribution is 0.0913. The lowest BCUT2D eigenvalue weighted by atomic mass is 10.0. The highest BCUT2D eigenvalue weighted by molar-refractivity contribution is 6.32. The van der Waals surface area contributed by atoms with Crippen molar-refractivity contribution >= 4 is 41.5 Å². The number of benzene rings is 2. The van der Waals surface area contributed by atoms with Crippen LogP contribution in [-0.2, 0) is 0 Å². The van der Waals surface area contributed by atoms with Crippen molar-refractivity contribution in [3.8, 4) is 28.8 Å². The van der Waals surface area contributed by atoms with Gasteiger partial charge in [-0.1, -0.05) is 47.2 Å². The van der Waals surface area contributed by atoms with Crippen LogP contribution in [0.3, 0.4) is 0 Å². The first-order valence-corrected chi connectivity index (χ1v) is 11.0. The van der Waals surface area contributed by atoms with Gasteiger partial charge in [0.2, 0.25) is 0 Å². The third-order valence-electron chi connectivity index (χ3n) is 4.62. The van der Waals surface area contributed by atoms with Gasteiger partial charge >= 0.3 is 0 Å². The van der Waals surface area contributed by atoms with Crippen LogP contribution in [0, 0.1) is 18.8 Å². The lowest BCUT2D eigenvalue weighted by Crippen LogP contribution is -2.41. The van der Waals surface area contributed by atoms with Gasteiger partial charge in [-0.2, -0.15) is 5.10 Å². The van der Waals surface area contributed by atoms with E-state index in [9.17, 15) is 4.79 Å². The molecule has 0 saturated heterocycles. The fourth-order valence-corrected chi connectivity index (χ4v) is 3.61. The van der Waals surface area contributed by atoms with E-state index in [4.69, 9.17) is 23.2 Å². The van der Waals surface area contributed by atoms with Gasteiger partial charge in [-0.05, 0) is 65.1 Å². The van der Waals surface area contributed by atoms with E-state index in [0.29, 0.717) is 28.0 Å². The van der Waals surface area contributed by atoms with Gasteiger partial charge in [0, 0.05) is 27.3 Å².